The first-order valence-corrected chi connectivity index (χ1v) is 6.59. The fourth-order valence-electron chi connectivity index (χ4n) is 2.30. The molecule has 0 atom stereocenters. The van der Waals surface area contributed by atoms with Crippen molar-refractivity contribution in [2.24, 2.45) is 5.92 Å². The van der Waals surface area contributed by atoms with Gasteiger partial charge in [0.25, 0.3) is 0 Å². The Bertz CT molecular complexity index is 529. The zero-order valence-corrected chi connectivity index (χ0v) is 10.8. The average Bonchev–Trinajstić information content (AvgIpc) is 3.13. The summed E-state index contributed by atoms with van der Waals surface area (Å²) in [5.41, 5.74) is 2.97. The lowest BCUT2D eigenvalue weighted by Crippen LogP contribution is -2.02. The van der Waals surface area contributed by atoms with Gasteiger partial charge in [-0.1, -0.05) is 18.2 Å². The third-order valence-electron chi connectivity index (χ3n) is 3.34. The molecule has 0 amide bonds. The monoisotopic (exact) mass is 260 g/mol. The number of carbonyl (C=O) groups excluding carboxylic acids is 1. The lowest BCUT2D eigenvalue weighted by atomic mass is 9.98. The van der Waals surface area contributed by atoms with Crippen molar-refractivity contribution >= 4 is 11.5 Å². The molecule has 4 heteroatoms. The van der Waals surface area contributed by atoms with Crippen molar-refractivity contribution in [3.05, 3.63) is 35.4 Å². The number of fused-ring (bicyclic) bond motifs is 1. The summed E-state index contributed by atoms with van der Waals surface area (Å²) < 4.78 is 5.00. The van der Waals surface area contributed by atoms with Crippen LogP contribution in [0.5, 0.6) is 5.75 Å². The predicted molar refractivity (Wildman–Crippen MR) is 69.2 cm³/mol. The van der Waals surface area contributed by atoms with Crippen molar-refractivity contribution in [2.75, 3.05) is 6.61 Å². The van der Waals surface area contributed by atoms with Gasteiger partial charge in [0.15, 0.2) is 5.75 Å². The van der Waals surface area contributed by atoms with E-state index in [4.69, 9.17) is 14.5 Å². The third-order valence-corrected chi connectivity index (χ3v) is 3.34. The zero-order chi connectivity index (χ0) is 13.2. The molecule has 1 saturated carbocycles. The number of hydrogen-bond acceptors (Lipinski definition) is 4. The Morgan fingerprint density at radius 3 is 3.05 bits per heavy atom. The van der Waals surface area contributed by atoms with Gasteiger partial charge < -0.3 is 9.62 Å². The van der Waals surface area contributed by atoms with Crippen molar-refractivity contribution < 1.29 is 19.3 Å². The highest BCUT2D eigenvalue weighted by molar-refractivity contribution is 5.93. The second kappa shape index (κ2) is 5.05. The van der Waals surface area contributed by atoms with E-state index in [1.54, 1.807) is 13.0 Å². The van der Waals surface area contributed by atoms with E-state index in [0.29, 0.717) is 19.1 Å². The van der Waals surface area contributed by atoms with Gasteiger partial charge in [-0.3, -0.25) is 0 Å². The fourth-order valence-corrected chi connectivity index (χ4v) is 2.30. The molecule has 3 rings (SSSR count). The summed E-state index contributed by atoms with van der Waals surface area (Å²) in [5, 5.41) is 0. The topological polar surface area (TPSA) is 44.8 Å². The standard InChI is InChI=1S/C15H16O4/c1-2-17-14(16)8-13(10-6-7-10)12-5-3-4-11-9-18-19-15(11)12/h3-5,8,10H,2,6-7,9H2,1H3. The van der Waals surface area contributed by atoms with Gasteiger partial charge in [-0.2, -0.15) is 4.89 Å². The quantitative estimate of drug-likeness (QED) is 0.474. The van der Waals surface area contributed by atoms with Crippen LogP contribution in [0.15, 0.2) is 24.3 Å². The number of benzene rings is 1. The lowest BCUT2D eigenvalue weighted by molar-refractivity contribution is -0.194. The van der Waals surface area contributed by atoms with Crippen molar-refractivity contribution in [3.63, 3.8) is 0 Å². The van der Waals surface area contributed by atoms with Gasteiger partial charge in [-0.15, -0.1) is 0 Å². The molecule has 0 aromatic heterocycles. The van der Waals surface area contributed by atoms with Crippen LogP contribution in [-0.2, 0) is 21.0 Å². The normalized spacial score (nSPS) is 17.8. The summed E-state index contributed by atoms with van der Waals surface area (Å²) in [7, 11) is 0. The van der Waals surface area contributed by atoms with Gasteiger partial charge in [0.1, 0.15) is 6.61 Å². The second-order valence-electron chi connectivity index (χ2n) is 4.77. The van der Waals surface area contributed by atoms with Gasteiger partial charge in [0.2, 0.25) is 0 Å². The van der Waals surface area contributed by atoms with Crippen LogP contribution in [-0.4, -0.2) is 12.6 Å². The summed E-state index contributed by atoms with van der Waals surface area (Å²) in [6.45, 7) is 2.65. The number of carbonyl (C=O) groups is 1. The van der Waals surface area contributed by atoms with Gasteiger partial charge >= 0.3 is 5.97 Å². The first kappa shape index (κ1) is 12.2. The molecule has 1 aromatic rings. The van der Waals surface area contributed by atoms with Crippen LogP contribution < -0.4 is 4.89 Å². The molecule has 1 heterocycles. The summed E-state index contributed by atoms with van der Waals surface area (Å²) in [6, 6.07) is 5.91. The van der Waals surface area contributed by atoms with E-state index in [9.17, 15) is 4.79 Å². The second-order valence-corrected chi connectivity index (χ2v) is 4.77. The molecule has 0 spiro atoms. The molecule has 0 saturated heterocycles. The number of esters is 1. The van der Waals surface area contributed by atoms with Crippen molar-refractivity contribution in [1.29, 1.82) is 0 Å². The molecular formula is C15H16O4. The molecule has 1 fully saturated rings. The molecule has 0 unspecified atom stereocenters. The van der Waals surface area contributed by atoms with E-state index in [1.807, 2.05) is 18.2 Å². The Labute approximate surface area is 111 Å². The van der Waals surface area contributed by atoms with E-state index in [2.05, 4.69) is 0 Å². The van der Waals surface area contributed by atoms with E-state index < -0.39 is 0 Å². The van der Waals surface area contributed by atoms with Gasteiger partial charge in [-0.05, 0) is 31.3 Å². The minimum atomic E-state index is -0.291. The van der Waals surface area contributed by atoms with Crippen LogP contribution in [0.3, 0.4) is 0 Å². The number of para-hydroxylation sites is 1. The van der Waals surface area contributed by atoms with Crippen LogP contribution in [0, 0.1) is 5.92 Å². The summed E-state index contributed by atoms with van der Waals surface area (Å²) in [5.74, 6) is 0.881. The number of allylic oxidation sites excluding steroid dienone is 1. The average molecular weight is 260 g/mol. The smallest absolute Gasteiger partial charge is 0.331 e. The summed E-state index contributed by atoms with van der Waals surface area (Å²) in [4.78, 5) is 21.9. The van der Waals surface area contributed by atoms with E-state index in [-0.39, 0.29) is 5.97 Å². The van der Waals surface area contributed by atoms with Crippen molar-refractivity contribution in [2.45, 2.75) is 26.4 Å². The number of rotatable bonds is 4. The third kappa shape index (κ3) is 2.49. The Morgan fingerprint density at radius 2 is 2.32 bits per heavy atom. The largest absolute Gasteiger partial charge is 0.463 e. The Morgan fingerprint density at radius 1 is 1.47 bits per heavy atom. The van der Waals surface area contributed by atoms with Crippen LogP contribution in [0.4, 0.5) is 0 Å². The highest BCUT2D eigenvalue weighted by atomic mass is 17.2. The highest BCUT2D eigenvalue weighted by Gasteiger charge is 2.31. The molecule has 4 nitrogen and oxygen atoms in total. The van der Waals surface area contributed by atoms with Crippen molar-refractivity contribution in [1.82, 2.24) is 0 Å². The minimum absolute atomic E-state index is 0.291. The van der Waals surface area contributed by atoms with E-state index in [1.165, 1.54) is 0 Å². The van der Waals surface area contributed by atoms with Crippen LogP contribution in [0.25, 0.3) is 5.57 Å². The summed E-state index contributed by atoms with van der Waals surface area (Å²) in [6.07, 6.45) is 3.81. The first-order chi connectivity index (χ1) is 9.29. The maximum Gasteiger partial charge on any atom is 0.331 e. The Kier molecular flexibility index (Phi) is 3.25. The number of hydrogen-bond donors (Lipinski definition) is 0. The summed E-state index contributed by atoms with van der Waals surface area (Å²) >= 11 is 0. The van der Waals surface area contributed by atoms with Crippen LogP contribution in [0.1, 0.15) is 30.9 Å². The first-order valence-electron chi connectivity index (χ1n) is 6.59. The maximum absolute atomic E-state index is 11.7. The highest BCUT2D eigenvalue weighted by Crippen LogP contribution is 2.46. The molecule has 1 aromatic carbocycles. The van der Waals surface area contributed by atoms with Gasteiger partial charge in [0, 0.05) is 17.2 Å². The number of ether oxygens (including phenoxy) is 1. The molecule has 100 valence electrons. The molecule has 0 N–H and O–H groups in total. The van der Waals surface area contributed by atoms with Crippen LogP contribution in [0.2, 0.25) is 0 Å². The lowest BCUT2D eigenvalue weighted by Gasteiger charge is -2.09. The Balaban J connectivity index is 1.97. The molecule has 0 bridgehead atoms. The van der Waals surface area contributed by atoms with Crippen molar-refractivity contribution in [3.8, 4) is 5.75 Å². The molecule has 1 aliphatic carbocycles. The zero-order valence-electron chi connectivity index (χ0n) is 10.8. The van der Waals surface area contributed by atoms with E-state index >= 15 is 0 Å². The Hall–Kier alpha value is -1.81. The van der Waals surface area contributed by atoms with Crippen LogP contribution >= 0.6 is 0 Å². The maximum atomic E-state index is 11.7. The molecule has 1 aliphatic heterocycles. The SMILES string of the molecule is CCOC(=O)C=C(c1cccc2c1OOC2)C1CC1. The fraction of sp³-hybridized carbons (Fsp3) is 0.400. The molecule has 2 aliphatic rings. The molecule has 19 heavy (non-hydrogen) atoms. The van der Waals surface area contributed by atoms with Gasteiger partial charge in [0.05, 0.1) is 6.61 Å². The van der Waals surface area contributed by atoms with Gasteiger partial charge in [-0.25, -0.2) is 4.79 Å². The molecule has 0 radical (unpaired) electrons. The van der Waals surface area contributed by atoms with E-state index in [0.717, 1.165) is 35.3 Å². The minimum Gasteiger partial charge on any atom is -0.463 e. The predicted octanol–water partition coefficient (Wildman–Crippen LogP) is 2.87. The molecular weight excluding hydrogens is 244 g/mol.